The lowest BCUT2D eigenvalue weighted by molar-refractivity contribution is 0.232. The Bertz CT molecular complexity index is 495. The monoisotopic (exact) mass is 292 g/mol. The zero-order chi connectivity index (χ0) is 15.3. The van der Waals surface area contributed by atoms with E-state index >= 15 is 0 Å². The first kappa shape index (κ1) is 15.5. The summed E-state index contributed by atoms with van der Waals surface area (Å²) in [5.41, 5.74) is 0.898. The third kappa shape index (κ3) is 5.17. The Hall–Kier alpha value is -1.91. The van der Waals surface area contributed by atoms with Gasteiger partial charge in [-0.05, 0) is 44.9 Å². The highest BCUT2D eigenvalue weighted by Crippen LogP contribution is 2.30. The lowest BCUT2D eigenvalue weighted by atomic mass is 10.1. The van der Waals surface area contributed by atoms with Crippen molar-refractivity contribution in [2.45, 2.75) is 39.2 Å². The number of benzene rings is 1. The molecule has 0 aromatic heterocycles. The van der Waals surface area contributed by atoms with Gasteiger partial charge in [0.25, 0.3) is 0 Å². The van der Waals surface area contributed by atoms with Crippen LogP contribution < -0.4 is 20.1 Å². The van der Waals surface area contributed by atoms with Crippen LogP contribution in [-0.4, -0.2) is 31.3 Å². The Morgan fingerprint density at radius 1 is 1.19 bits per heavy atom. The van der Waals surface area contributed by atoms with Crippen molar-refractivity contribution in [2.75, 3.05) is 19.8 Å². The highest BCUT2D eigenvalue weighted by atomic mass is 16.5. The molecule has 1 aliphatic heterocycles. The molecule has 0 radical (unpaired) electrons. The molecule has 21 heavy (non-hydrogen) atoms. The van der Waals surface area contributed by atoms with Crippen LogP contribution in [0.15, 0.2) is 18.2 Å². The zero-order valence-electron chi connectivity index (χ0n) is 13.0. The summed E-state index contributed by atoms with van der Waals surface area (Å²) in [5, 5.41) is 5.73. The van der Waals surface area contributed by atoms with Crippen LogP contribution in [0.4, 0.5) is 4.79 Å². The summed E-state index contributed by atoms with van der Waals surface area (Å²) in [6.07, 6.45) is 1.66. The molecule has 1 aromatic rings. The van der Waals surface area contributed by atoms with Crippen LogP contribution in [0, 0.1) is 0 Å². The molecule has 2 amide bonds. The van der Waals surface area contributed by atoms with Gasteiger partial charge in [-0.3, -0.25) is 0 Å². The Balaban J connectivity index is 1.84. The lowest BCUT2D eigenvalue weighted by Crippen LogP contribution is -2.46. The summed E-state index contributed by atoms with van der Waals surface area (Å²) in [4.78, 5) is 11.7. The molecule has 116 valence electrons. The average Bonchev–Trinajstić information content (AvgIpc) is 2.61. The summed E-state index contributed by atoms with van der Waals surface area (Å²) >= 11 is 0. The molecule has 1 heterocycles. The molecule has 5 nitrogen and oxygen atoms in total. The van der Waals surface area contributed by atoms with E-state index in [1.165, 1.54) is 0 Å². The maximum Gasteiger partial charge on any atom is 0.315 e. The smallest absolute Gasteiger partial charge is 0.315 e. The SMILES string of the molecule is CC(C)(C)NC(=O)NCCc1ccc2c(c1)OCCCO2. The topological polar surface area (TPSA) is 59.6 Å². The second-order valence-corrected chi connectivity index (χ2v) is 6.21. The van der Waals surface area contributed by atoms with E-state index in [4.69, 9.17) is 9.47 Å². The van der Waals surface area contributed by atoms with E-state index in [1.807, 2.05) is 39.0 Å². The van der Waals surface area contributed by atoms with Crippen LogP contribution in [-0.2, 0) is 6.42 Å². The van der Waals surface area contributed by atoms with E-state index < -0.39 is 0 Å². The molecule has 1 aliphatic rings. The van der Waals surface area contributed by atoms with Gasteiger partial charge in [-0.2, -0.15) is 0 Å². The molecule has 5 heteroatoms. The first-order valence-corrected chi connectivity index (χ1v) is 7.38. The van der Waals surface area contributed by atoms with Gasteiger partial charge < -0.3 is 20.1 Å². The van der Waals surface area contributed by atoms with Crippen LogP contribution in [0.5, 0.6) is 11.5 Å². The zero-order valence-corrected chi connectivity index (χ0v) is 13.0. The first-order valence-electron chi connectivity index (χ1n) is 7.38. The second kappa shape index (κ2) is 6.70. The van der Waals surface area contributed by atoms with Crippen molar-refractivity contribution in [3.63, 3.8) is 0 Å². The van der Waals surface area contributed by atoms with Crippen molar-refractivity contribution in [2.24, 2.45) is 0 Å². The molecule has 0 aliphatic carbocycles. The van der Waals surface area contributed by atoms with Gasteiger partial charge in [0.2, 0.25) is 0 Å². The number of fused-ring (bicyclic) bond motifs is 1. The van der Waals surface area contributed by atoms with Gasteiger partial charge in [0, 0.05) is 18.5 Å². The molecular weight excluding hydrogens is 268 g/mol. The minimum absolute atomic E-state index is 0.142. The van der Waals surface area contributed by atoms with Gasteiger partial charge >= 0.3 is 6.03 Å². The Morgan fingerprint density at radius 2 is 1.90 bits per heavy atom. The number of urea groups is 1. The third-order valence-corrected chi connectivity index (χ3v) is 3.00. The van der Waals surface area contributed by atoms with Gasteiger partial charge in [-0.25, -0.2) is 4.79 Å². The van der Waals surface area contributed by atoms with Crippen molar-refractivity contribution < 1.29 is 14.3 Å². The Labute approximate surface area is 126 Å². The quantitative estimate of drug-likeness (QED) is 0.900. The first-order chi connectivity index (χ1) is 9.94. The summed E-state index contributed by atoms with van der Waals surface area (Å²) in [7, 11) is 0. The summed E-state index contributed by atoms with van der Waals surface area (Å²) in [5.74, 6) is 1.60. The predicted molar refractivity (Wildman–Crippen MR) is 82.0 cm³/mol. The molecule has 0 fully saturated rings. The maximum atomic E-state index is 11.7. The molecular formula is C16H24N2O3. The van der Waals surface area contributed by atoms with Crippen molar-refractivity contribution >= 4 is 6.03 Å². The molecule has 0 spiro atoms. The summed E-state index contributed by atoms with van der Waals surface area (Å²) in [6.45, 7) is 7.83. The number of amides is 2. The molecule has 2 rings (SSSR count). The fraction of sp³-hybridized carbons (Fsp3) is 0.562. The van der Waals surface area contributed by atoms with Crippen LogP contribution >= 0.6 is 0 Å². The van der Waals surface area contributed by atoms with E-state index in [9.17, 15) is 4.79 Å². The van der Waals surface area contributed by atoms with Crippen molar-refractivity contribution in [3.8, 4) is 11.5 Å². The molecule has 0 bridgehead atoms. The van der Waals surface area contributed by atoms with Crippen LogP contribution in [0.2, 0.25) is 0 Å². The van der Waals surface area contributed by atoms with Gasteiger partial charge in [-0.1, -0.05) is 6.07 Å². The van der Waals surface area contributed by atoms with E-state index in [0.29, 0.717) is 19.8 Å². The molecule has 0 atom stereocenters. The normalized spacial score (nSPS) is 14.2. The number of carbonyl (C=O) groups is 1. The fourth-order valence-electron chi connectivity index (χ4n) is 2.07. The van der Waals surface area contributed by atoms with Crippen LogP contribution in [0.25, 0.3) is 0 Å². The minimum atomic E-state index is -0.223. The number of ether oxygens (including phenoxy) is 2. The number of hydrogen-bond acceptors (Lipinski definition) is 3. The van der Waals surface area contributed by atoms with Gasteiger partial charge in [0.15, 0.2) is 11.5 Å². The Morgan fingerprint density at radius 3 is 2.62 bits per heavy atom. The number of hydrogen-bond donors (Lipinski definition) is 2. The van der Waals surface area contributed by atoms with Crippen molar-refractivity contribution in [3.05, 3.63) is 23.8 Å². The number of carbonyl (C=O) groups excluding carboxylic acids is 1. The molecule has 1 aromatic carbocycles. The number of nitrogens with one attached hydrogen (secondary N) is 2. The van der Waals surface area contributed by atoms with Crippen molar-refractivity contribution in [1.82, 2.24) is 10.6 Å². The molecule has 2 N–H and O–H groups in total. The fourth-order valence-corrected chi connectivity index (χ4v) is 2.07. The van der Waals surface area contributed by atoms with Gasteiger partial charge in [-0.15, -0.1) is 0 Å². The predicted octanol–water partition coefficient (Wildman–Crippen LogP) is 2.49. The van der Waals surface area contributed by atoms with Gasteiger partial charge in [0.05, 0.1) is 13.2 Å². The molecule has 0 unspecified atom stereocenters. The van der Waals surface area contributed by atoms with E-state index in [0.717, 1.165) is 29.9 Å². The van der Waals surface area contributed by atoms with E-state index in [1.54, 1.807) is 0 Å². The van der Waals surface area contributed by atoms with E-state index in [-0.39, 0.29) is 11.6 Å². The van der Waals surface area contributed by atoms with Crippen molar-refractivity contribution in [1.29, 1.82) is 0 Å². The molecule has 0 saturated carbocycles. The highest BCUT2D eigenvalue weighted by Gasteiger charge is 2.13. The Kier molecular flexibility index (Phi) is 4.94. The van der Waals surface area contributed by atoms with Gasteiger partial charge in [0.1, 0.15) is 0 Å². The molecule has 0 saturated heterocycles. The highest BCUT2D eigenvalue weighted by molar-refractivity contribution is 5.74. The third-order valence-electron chi connectivity index (χ3n) is 3.00. The summed E-state index contributed by atoms with van der Waals surface area (Å²) < 4.78 is 11.3. The standard InChI is InChI=1S/C16H24N2O3/c1-16(2,3)18-15(19)17-8-7-12-5-6-13-14(11-12)21-10-4-9-20-13/h5-6,11H,4,7-10H2,1-3H3,(H2,17,18,19). The van der Waals surface area contributed by atoms with E-state index in [2.05, 4.69) is 10.6 Å². The average molecular weight is 292 g/mol. The largest absolute Gasteiger partial charge is 0.490 e. The lowest BCUT2D eigenvalue weighted by Gasteiger charge is -2.20. The number of rotatable bonds is 3. The minimum Gasteiger partial charge on any atom is -0.490 e. The second-order valence-electron chi connectivity index (χ2n) is 6.21. The van der Waals surface area contributed by atoms with Crippen LogP contribution in [0.1, 0.15) is 32.8 Å². The maximum absolute atomic E-state index is 11.7. The van der Waals surface area contributed by atoms with Crippen LogP contribution in [0.3, 0.4) is 0 Å². The summed E-state index contributed by atoms with van der Waals surface area (Å²) in [6, 6.07) is 5.79.